The van der Waals surface area contributed by atoms with Gasteiger partial charge in [0.2, 0.25) is 0 Å². The zero-order valence-electron chi connectivity index (χ0n) is 11.3. The van der Waals surface area contributed by atoms with Crippen molar-refractivity contribution in [1.82, 2.24) is 0 Å². The van der Waals surface area contributed by atoms with Gasteiger partial charge in [-0.1, -0.05) is 6.07 Å². The molecule has 0 unspecified atom stereocenters. The minimum Gasteiger partial charge on any atom is -0.491 e. The summed E-state index contributed by atoms with van der Waals surface area (Å²) >= 11 is 0. The second-order valence-corrected chi connectivity index (χ2v) is 4.04. The third-order valence-corrected chi connectivity index (χ3v) is 2.64. The molecule has 0 aliphatic carbocycles. The van der Waals surface area contributed by atoms with Crippen molar-refractivity contribution in [2.24, 2.45) is 0 Å². The highest BCUT2D eigenvalue weighted by molar-refractivity contribution is 5.90. The van der Waals surface area contributed by atoms with E-state index in [2.05, 4.69) is 0 Å². The van der Waals surface area contributed by atoms with Gasteiger partial charge in [-0.15, -0.1) is 0 Å². The van der Waals surface area contributed by atoms with Crippen LogP contribution in [0.25, 0.3) is 0 Å². The van der Waals surface area contributed by atoms with Crippen molar-refractivity contribution in [1.29, 1.82) is 0 Å². The lowest BCUT2D eigenvalue weighted by molar-refractivity contribution is 0.0694. The van der Waals surface area contributed by atoms with Gasteiger partial charge in [0.25, 0.3) is 0 Å². The second kappa shape index (κ2) is 8.50. The fraction of sp³-hybridized carbons (Fsp3) is 0.500. The Morgan fingerprint density at radius 2 is 2.00 bits per heavy atom. The maximum Gasteiger partial charge on any atom is 0.336 e. The van der Waals surface area contributed by atoms with E-state index in [4.69, 9.17) is 19.3 Å². The molecule has 0 aliphatic rings. The van der Waals surface area contributed by atoms with Crippen molar-refractivity contribution in [3.63, 3.8) is 0 Å². The molecule has 0 saturated carbocycles. The molecule has 1 aromatic carbocycles. The SMILES string of the molecule is COCCCOCCOc1cccc(C(=O)O)c1C. The molecule has 19 heavy (non-hydrogen) atoms. The van der Waals surface area contributed by atoms with E-state index in [1.54, 1.807) is 32.2 Å². The maximum absolute atomic E-state index is 11.0. The Kier molecular flexibility index (Phi) is 6.92. The molecule has 0 bridgehead atoms. The molecule has 0 amide bonds. The lowest BCUT2D eigenvalue weighted by Gasteiger charge is -2.11. The summed E-state index contributed by atoms with van der Waals surface area (Å²) in [6.45, 7) is 3.92. The topological polar surface area (TPSA) is 65.0 Å². The van der Waals surface area contributed by atoms with Crippen LogP contribution in [0.1, 0.15) is 22.3 Å². The average Bonchev–Trinajstić information content (AvgIpc) is 2.39. The van der Waals surface area contributed by atoms with Crippen molar-refractivity contribution in [3.05, 3.63) is 29.3 Å². The van der Waals surface area contributed by atoms with Crippen LogP contribution >= 0.6 is 0 Å². The van der Waals surface area contributed by atoms with E-state index in [1.807, 2.05) is 0 Å². The molecule has 5 heteroatoms. The molecule has 1 rings (SSSR count). The van der Waals surface area contributed by atoms with Gasteiger partial charge >= 0.3 is 5.97 Å². The van der Waals surface area contributed by atoms with Crippen LogP contribution in [0.3, 0.4) is 0 Å². The third kappa shape index (κ3) is 5.28. The molecule has 0 aliphatic heterocycles. The summed E-state index contributed by atoms with van der Waals surface area (Å²) in [6.07, 6.45) is 0.851. The number of carboxylic acid groups (broad SMARTS) is 1. The minimum atomic E-state index is -0.946. The Morgan fingerprint density at radius 3 is 2.68 bits per heavy atom. The summed E-state index contributed by atoms with van der Waals surface area (Å²) in [7, 11) is 1.65. The van der Waals surface area contributed by atoms with Crippen molar-refractivity contribution < 1.29 is 24.1 Å². The third-order valence-electron chi connectivity index (χ3n) is 2.64. The van der Waals surface area contributed by atoms with Gasteiger partial charge in [-0.25, -0.2) is 4.79 Å². The van der Waals surface area contributed by atoms with Crippen molar-refractivity contribution >= 4 is 5.97 Å². The summed E-state index contributed by atoms with van der Waals surface area (Å²) in [5.41, 5.74) is 0.896. The van der Waals surface area contributed by atoms with Gasteiger partial charge in [-0.05, 0) is 25.5 Å². The number of carbonyl (C=O) groups is 1. The van der Waals surface area contributed by atoms with E-state index in [0.717, 1.165) is 6.42 Å². The van der Waals surface area contributed by atoms with Gasteiger partial charge in [0.1, 0.15) is 12.4 Å². The molecular weight excluding hydrogens is 248 g/mol. The standard InChI is InChI=1S/C14H20O5/c1-11-12(14(15)16)5-3-6-13(11)19-10-9-18-8-4-7-17-2/h3,5-6H,4,7-10H2,1-2H3,(H,15,16). The smallest absolute Gasteiger partial charge is 0.336 e. The quantitative estimate of drug-likeness (QED) is 0.695. The second-order valence-electron chi connectivity index (χ2n) is 4.04. The number of rotatable bonds is 9. The van der Waals surface area contributed by atoms with Crippen LogP contribution in [0, 0.1) is 6.92 Å². The van der Waals surface area contributed by atoms with Crippen LogP contribution in [0.4, 0.5) is 0 Å². The molecule has 1 aromatic rings. The monoisotopic (exact) mass is 268 g/mol. The highest BCUT2D eigenvalue weighted by atomic mass is 16.5. The van der Waals surface area contributed by atoms with Gasteiger partial charge in [-0.3, -0.25) is 0 Å². The van der Waals surface area contributed by atoms with E-state index in [9.17, 15) is 4.79 Å². The number of hydrogen-bond acceptors (Lipinski definition) is 4. The fourth-order valence-corrected chi connectivity index (χ4v) is 1.62. The normalized spacial score (nSPS) is 10.4. The molecular formula is C14H20O5. The molecule has 0 saturated heterocycles. The minimum absolute atomic E-state index is 0.263. The first-order valence-corrected chi connectivity index (χ1v) is 6.19. The van der Waals surface area contributed by atoms with Crippen LogP contribution in [0.5, 0.6) is 5.75 Å². The summed E-state index contributed by atoms with van der Waals surface area (Å²) in [6, 6.07) is 4.99. The zero-order chi connectivity index (χ0) is 14.1. The number of benzene rings is 1. The van der Waals surface area contributed by atoms with Crippen LogP contribution < -0.4 is 4.74 Å². The largest absolute Gasteiger partial charge is 0.491 e. The van der Waals surface area contributed by atoms with E-state index >= 15 is 0 Å². The zero-order valence-corrected chi connectivity index (χ0v) is 11.3. The first-order chi connectivity index (χ1) is 9.16. The first-order valence-electron chi connectivity index (χ1n) is 6.19. The van der Waals surface area contributed by atoms with E-state index in [1.165, 1.54) is 0 Å². The predicted octanol–water partition coefficient (Wildman–Crippen LogP) is 2.13. The van der Waals surface area contributed by atoms with Gasteiger partial charge in [0.15, 0.2) is 0 Å². The molecule has 0 spiro atoms. The Balaban J connectivity index is 2.33. The summed E-state index contributed by atoms with van der Waals surface area (Å²) < 4.78 is 15.8. The highest BCUT2D eigenvalue weighted by Gasteiger charge is 2.10. The lowest BCUT2D eigenvalue weighted by atomic mass is 10.1. The van der Waals surface area contributed by atoms with Gasteiger partial charge in [-0.2, -0.15) is 0 Å². The first kappa shape index (κ1) is 15.5. The fourth-order valence-electron chi connectivity index (χ4n) is 1.62. The predicted molar refractivity (Wildman–Crippen MR) is 70.9 cm³/mol. The van der Waals surface area contributed by atoms with Crippen molar-refractivity contribution in [3.8, 4) is 5.75 Å². The molecule has 5 nitrogen and oxygen atoms in total. The molecule has 0 atom stereocenters. The molecule has 0 radical (unpaired) electrons. The van der Waals surface area contributed by atoms with Crippen molar-refractivity contribution in [2.75, 3.05) is 33.5 Å². The molecule has 0 aromatic heterocycles. The number of carboxylic acids is 1. The number of hydrogen-bond donors (Lipinski definition) is 1. The van der Waals surface area contributed by atoms with Gasteiger partial charge in [0.05, 0.1) is 12.2 Å². The summed E-state index contributed by atoms with van der Waals surface area (Å²) in [4.78, 5) is 11.0. The number of aromatic carboxylic acids is 1. The van der Waals surface area contributed by atoms with Crippen molar-refractivity contribution in [2.45, 2.75) is 13.3 Å². The average molecular weight is 268 g/mol. The van der Waals surface area contributed by atoms with E-state index < -0.39 is 5.97 Å². The Labute approximate surface area is 113 Å². The Morgan fingerprint density at radius 1 is 1.21 bits per heavy atom. The van der Waals surface area contributed by atoms with Gasteiger partial charge in [0, 0.05) is 25.9 Å². The Hall–Kier alpha value is -1.59. The summed E-state index contributed by atoms with van der Waals surface area (Å²) in [5, 5.41) is 8.99. The van der Waals surface area contributed by atoms with Crippen LogP contribution in [0.15, 0.2) is 18.2 Å². The van der Waals surface area contributed by atoms with Crippen LogP contribution in [-0.2, 0) is 9.47 Å². The van der Waals surface area contributed by atoms with E-state index in [-0.39, 0.29) is 5.56 Å². The van der Waals surface area contributed by atoms with Crippen LogP contribution in [0.2, 0.25) is 0 Å². The molecule has 0 heterocycles. The van der Waals surface area contributed by atoms with Crippen LogP contribution in [-0.4, -0.2) is 44.6 Å². The highest BCUT2D eigenvalue weighted by Crippen LogP contribution is 2.21. The molecule has 0 fully saturated rings. The maximum atomic E-state index is 11.0. The summed E-state index contributed by atoms with van der Waals surface area (Å²) in [5.74, 6) is -0.362. The van der Waals surface area contributed by atoms with Gasteiger partial charge < -0.3 is 19.3 Å². The molecule has 1 N–H and O–H groups in total. The number of ether oxygens (including phenoxy) is 3. The lowest BCUT2D eigenvalue weighted by Crippen LogP contribution is -2.10. The Bertz CT molecular complexity index is 403. The number of methoxy groups -OCH3 is 1. The molecule has 106 valence electrons. The van der Waals surface area contributed by atoms with E-state index in [0.29, 0.717) is 37.7 Å².